The second kappa shape index (κ2) is 5.39. The van der Waals surface area contributed by atoms with Crippen molar-refractivity contribution in [2.75, 3.05) is 7.11 Å². The number of esters is 1. The van der Waals surface area contributed by atoms with Gasteiger partial charge in [-0.25, -0.2) is 0 Å². The molecule has 1 aromatic carbocycles. The van der Waals surface area contributed by atoms with Gasteiger partial charge in [0.1, 0.15) is 0 Å². The number of pyridine rings is 1. The van der Waals surface area contributed by atoms with Gasteiger partial charge in [-0.1, -0.05) is 12.1 Å². The number of hydrogen-bond acceptors (Lipinski definition) is 3. The van der Waals surface area contributed by atoms with Crippen LogP contribution in [-0.2, 0) is 16.0 Å². The first-order valence-corrected chi connectivity index (χ1v) is 6.46. The van der Waals surface area contributed by atoms with Gasteiger partial charge in [-0.2, -0.15) is 0 Å². The smallest absolute Gasteiger partial charge is 0.305 e. The topological polar surface area (TPSA) is 39.2 Å². The highest BCUT2D eigenvalue weighted by atomic mass is 16.5. The number of benzene rings is 1. The third kappa shape index (κ3) is 2.75. The van der Waals surface area contributed by atoms with E-state index in [1.165, 1.54) is 29.2 Å². The summed E-state index contributed by atoms with van der Waals surface area (Å²) in [4.78, 5) is 15.9. The molecule has 0 unspecified atom stereocenters. The van der Waals surface area contributed by atoms with Crippen LogP contribution in [0.1, 0.15) is 28.8 Å². The van der Waals surface area contributed by atoms with Crippen LogP contribution >= 0.6 is 0 Å². The van der Waals surface area contributed by atoms with Crippen LogP contribution < -0.4 is 0 Å². The monoisotopic (exact) mass is 257 g/mol. The van der Waals surface area contributed by atoms with E-state index in [4.69, 9.17) is 4.98 Å². The zero-order valence-corrected chi connectivity index (χ0v) is 11.9. The van der Waals surface area contributed by atoms with Crippen LogP contribution in [0.3, 0.4) is 0 Å². The Kier molecular flexibility index (Phi) is 3.84. The third-order valence-electron chi connectivity index (χ3n) is 3.43. The summed E-state index contributed by atoms with van der Waals surface area (Å²) in [5.41, 5.74) is 5.61. The van der Waals surface area contributed by atoms with Crippen LogP contribution in [0.25, 0.3) is 10.9 Å². The lowest BCUT2D eigenvalue weighted by molar-refractivity contribution is -0.140. The number of carbonyl (C=O) groups is 1. The molecule has 1 aromatic heterocycles. The van der Waals surface area contributed by atoms with E-state index in [0.717, 1.165) is 11.2 Å². The number of rotatable bonds is 3. The van der Waals surface area contributed by atoms with Gasteiger partial charge in [0.05, 0.1) is 19.0 Å². The van der Waals surface area contributed by atoms with Gasteiger partial charge in [0.15, 0.2) is 0 Å². The number of aryl methyl sites for hydroxylation is 4. The average molecular weight is 257 g/mol. The molecule has 0 fully saturated rings. The predicted molar refractivity (Wildman–Crippen MR) is 76.3 cm³/mol. The molecule has 0 aliphatic heterocycles. The number of nitrogens with zero attached hydrogens (tertiary/aromatic N) is 1. The number of hydrogen-bond donors (Lipinski definition) is 0. The number of fused-ring (bicyclic) bond motifs is 1. The lowest BCUT2D eigenvalue weighted by atomic mass is 10.00. The summed E-state index contributed by atoms with van der Waals surface area (Å²) in [6.45, 7) is 6.26. The van der Waals surface area contributed by atoms with E-state index in [1.54, 1.807) is 0 Å². The molecule has 0 N–H and O–H groups in total. The first-order valence-electron chi connectivity index (χ1n) is 6.46. The second-order valence-corrected chi connectivity index (χ2v) is 4.93. The predicted octanol–water partition coefficient (Wildman–Crippen LogP) is 3.27. The number of carbonyl (C=O) groups excluding carboxylic acids is 1. The Bertz CT molecular complexity index is 632. The molecule has 0 atom stereocenters. The molecule has 0 bridgehead atoms. The molecule has 3 heteroatoms. The Morgan fingerprint density at radius 3 is 2.53 bits per heavy atom. The molecule has 1 heterocycles. The molecule has 0 aliphatic carbocycles. The third-order valence-corrected chi connectivity index (χ3v) is 3.43. The molecule has 2 rings (SSSR count). The van der Waals surface area contributed by atoms with Crippen LogP contribution in [0.15, 0.2) is 18.2 Å². The van der Waals surface area contributed by atoms with E-state index in [0.29, 0.717) is 12.8 Å². The molecule has 19 heavy (non-hydrogen) atoms. The summed E-state index contributed by atoms with van der Waals surface area (Å²) < 4.78 is 4.67. The summed E-state index contributed by atoms with van der Waals surface area (Å²) in [5, 5.41) is 1.22. The average Bonchev–Trinajstić information content (AvgIpc) is 2.40. The second-order valence-electron chi connectivity index (χ2n) is 4.93. The minimum atomic E-state index is -0.194. The quantitative estimate of drug-likeness (QED) is 0.792. The maximum absolute atomic E-state index is 11.2. The SMILES string of the molecule is COC(=O)CCc1cc(C)c2c(C)ccc(C)c2n1. The molecule has 0 saturated heterocycles. The highest BCUT2D eigenvalue weighted by Crippen LogP contribution is 2.24. The van der Waals surface area contributed by atoms with Crippen molar-refractivity contribution >= 4 is 16.9 Å². The summed E-state index contributed by atoms with van der Waals surface area (Å²) in [7, 11) is 1.41. The maximum Gasteiger partial charge on any atom is 0.305 e. The Morgan fingerprint density at radius 1 is 1.16 bits per heavy atom. The fourth-order valence-electron chi connectivity index (χ4n) is 2.40. The van der Waals surface area contributed by atoms with E-state index < -0.39 is 0 Å². The minimum Gasteiger partial charge on any atom is -0.469 e. The number of ether oxygens (including phenoxy) is 1. The number of methoxy groups -OCH3 is 1. The van der Waals surface area contributed by atoms with Crippen molar-refractivity contribution in [3.05, 3.63) is 40.6 Å². The molecular formula is C16H19NO2. The van der Waals surface area contributed by atoms with E-state index in [2.05, 4.69) is 43.7 Å². The van der Waals surface area contributed by atoms with Crippen molar-refractivity contribution in [1.29, 1.82) is 0 Å². The summed E-state index contributed by atoms with van der Waals surface area (Å²) in [5.74, 6) is -0.194. The molecule has 0 radical (unpaired) electrons. The van der Waals surface area contributed by atoms with Crippen LogP contribution in [0.2, 0.25) is 0 Å². The van der Waals surface area contributed by atoms with Gasteiger partial charge < -0.3 is 4.74 Å². The van der Waals surface area contributed by atoms with E-state index >= 15 is 0 Å². The largest absolute Gasteiger partial charge is 0.469 e. The maximum atomic E-state index is 11.2. The van der Waals surface area contributed by atoms with Crippen LogP contribution in [0, 0.1) is 20.8 Å². The van der Waals surface area contributed by atoms with Gasteiger partial charge in [0, 0.05) is 17.5 Å². The molecule has 2 aromatic rings. The van der Waals surface area contributed by atoms with E-state index in [-0.39, 0.29) is 5.97 Å². The zero-order chi connectivity index (χ0) is 14.0. The lowest BCUT2D eigenvalue weighted by Gasteiger charge is -2.10. The first-order chi connectivity index (χ1) is 9.02. The lowest BCUT2D eigenvalue weighted by Crippen LogP contribution is -2.04. The van der Waals surface area contributed by atoms with Gasteiger partial charge >= 0.3 is 5.97 Å². The standard InChI is InChI=1S/C16H19NO2/c1-10-5-6-11(2)16-15(10)12(3)9-13(17-16)7-8-14(18)19-4/h5-6,9H,7-8H2,1-4H3. The summed E-state index contributed by atoms with van der Waals surface area (Å²) in [6.07, 6.45) is 0.996. The highest BCUT2D eigenvalue weighted by Gasteiger charge is 2.09. The number of aromatic nitrogens is 1. The Morgan fingerprint density at radius 2 is 1.84 bits per heavy atom. The van der Waals surface area contributed by atoms with Crippen molar-refractivity contribution in [3.8, 4) is 0 Å². The summed E-state index contributed by atoms with van der Waals surface area (Å²) >= 11 is 0. The van der Waals surface area contributed by atoms with E-state index in [1.807, 2.05) is 0 Å². The summed E-state index contributed by atoms with van der Waals surface area (Å²) in [6, 6.07) is 6.28. The molecule has 0 aliphatic rings. The molecule has 100 valence electrons. The Labute approximate surface area is 113 Å². The van der Waals surface area contributed by atoms with Crippen LogP contribution in [0.5, 0.6) is 0 Å². The van der Waals surface area contributed by atoms with Gasteiger partial charge in [0.25, 0.3) is 0 Å². The van der Waals surface area contributed by atoms with Crippen molar-refractivity contribution in [2.45, 2.75) is 33.6 Å². The first kappa shape index (κ1) is 13.5. The van der Waals surface area contributed by atoms with Crippen molar-refractivity contribution in [3.63, 3.8) is 0 Å². The van der Waals surface area contributed by atoms with Crippen molar-refractivity contribution in [2.24, 2.45) is 0 Å². The normalized spacial score (nSPS) is 10.7. The fourth-order valence-corrected chi connectivity index (χ4v) is 2.40. The van der Waals surface area contributed by atoms with Gasteiger partial charge in [-0.05, 0) is 43.5 Å². The Balaban J connectivity index is 2.44. The van der Waals surface area contributed by atoms with E-state index in [9.17, 15) is 4.79 Å². The zero-order valence-electron chi connectivity index (χ0n) is 11.9. The Hall–Kier alpha value is -1.90. The van der Waals surface area contributed by atoms with Crippen LogP contribution in [0.4, 0.5) is 0 Å². The highest BCUT2D eigenvalue weighted by molar-refractivity contribution is 5.88. The molecular weight excluding hydrogens is 238 g/mol. The molecule has 0 saturated carbocycles. The minimum absolute atomic E-state index is 0.194. The van der Waals surface area contributed by atoms with Crippen molar-refractivity contribution in [1.82, 2.24) is 4.98 Å². The van der Waals surface area contributed by atoms with Gasteiger partial charge in [0.2, 0.25) is 0 Å². The molecule has 0 amide bonds. The van der Waals surface area contributed by atoms with Crippen LogP contribution in [-0.4, -0.2) is 18.1 Å². The van der Waals surface area contributed by atoms with Gasteiger partial charge in [-0.3, -0.25) is 9.78 Å². The molecule has 0 spiro atoms. The molecule has 3 nitrogen and oxygen atoms in total. The van der Waals surface area contributed by atoms with Gasteiger partial charge in [-0.15, -0.1) is 0 Å². The van der Waals surface area contributed by atoms with Crippen molar-refractivity contribution < 1.29 is 9.53 Å². The fraction of sp³-hybridized carbons (Fsp3) is 0.375.